The van der Waals surface area contributed by atoms with Crippen molar-refractivity contribution in [3.8, 4) is 0 Å². The van der Waals surface area contributed by atoms with Crippen LogP contribution in [0.2, 0.25) is 0 Å². The Morgan fingerprint density at radius 2 is 1.89 bits per heavy atom. The molecule has 28 heavy (non-hydrogen) atoms. The average molecular weight is 401 g/mol. The van der Waals surface area contributed by atoms with Crippen molar-refractivity contribution in [2.45, 2.75) is 70.9 Å². The fourth-order valence-corrected chi connectivity index (χ4v) is 5.90. The van der Waals surface area contributed by atoms with Crippen LogP contribution in [-0.2, 0) is 4.79 Å². The zero-order valence-corrected chi connectivity index (χ0v) is 17.2. The normalized spacial score (nSPS) is 31.8. The van der Waals surface area contributed by atoms with E-state index in [1.165, 1.54) is 11.8 Å². The van der Waals surface area contributed by atoms with Gasteiger partial charge in [-0.1, -0.05) is 13.3 Å². The third kappa shape index (κ3) is 4.11. The Labute approximate surface area is 165 Å². The highest BCUT2D eigenvalue weighted by Crippen LogP contribution is 2.56. The SMILES string of the molecule is CCC1C(N2CCC(N(CC(C)(F)F)C(C)=O)CC2)CC12CCN(C(=O)O)C2. The number of halogens is 2. The maximum Gasteiger partial charge on any atom is 0.407 e. The van der Waals surface area contributed by atoms with Crippen LogP contribution in [-0.4, -0.2) is 82.5 Å². The molecular weight excluding hydrogens is 368 g/mol. The van der Waals surface area contributed by atoms with Crippen molar-refractivity contribution in [3.63, 3.8) is 0 Å². The monoisotopic (exact) mass is 401 g/mol. The van der Waals surface area contributed by atoms with E-state index in [-0.39, 0.29) is 17.4 Å². The molecule has 6 nitrogen and oxygen atoms in total. The van der Waals surface area contributed by atoms with Crippen molar-refractivity contribution in [1.29, 1.82) is 0 Å². The summed E-state index contributed by atoms with van der Waals surface area (Å²) in [7, 11) is 0. The summed E-state index contributed by atoms with van der Waals surface area (Å²) in [5.74, 6) is -2.68. The molecule has 0 radical (unpaired) electrons. The van der Waals surface area contributed by atoms with Crippen molar-refractivity contribution in [2.75, 3.05) is 32.7 Å². The Balaban J connectivity index is 1.57. The smallest absolute Gasteiger partial charge is 0.407 e. The summed E-state index contributed by atoms with van der Waals surface area (Å²) in [5, 5.41) is 9.28. The van der Waals surface area contributed by atoms with Gasteiger partial charge in [0.1, 0.15) is 0 Å². The van der Waals surface area contributed by atoms with Crippen molar-refractivity contribution in [2.24, 2.45) is 11.3 Å². The molecule has 3 rings (SSSR count). The quantitative estimate of drug-likeness (QED) is 0.769. The Bertz CT molecular complexity index is 604. The number of carbonyl (C=O) groups excluding carboxylic acids is 1. The van der Waals surface area contributed by atoms with Gasteiger partial charge in [0.15, 0.2) is 0 Å². The van der Waals surface area contributed by atoms with Gasteiger partial charge in [-0.3, -0.25) is 9.69 Å². The fraction of sp³-hybridized carbons (Fsp3) is 0.900. The van der Waals surface area contributed by atoms with Crippen LogP contribution >= 0.6 is 0 Å². The van der Waals surface area contributed by atoms with Gasteiger partial charge in [-0.05, 0) is 37.0 Å². The van der Waals surface area contributed by atoms with Crippen LogP contribution in [0.25, 0.3) is 0 Å². The molecule has 2 saturated heterocycles. The lowest BCUT2D eigenvalue weighted by atomic mass is 9.54. The van der Waals surface area contributed by atoms with E-state index in [2.05, 4.69) is 11.8 Å². The first kappa shape index (κ1) is 21.3. The second-order valence-electron chi connectivity index (χ2n) is 9.09. The van der Waals surface area contributed by atoms with Crippen molar-refractivity contribution < 1.29 is 23.5 Å². The van der Waals surface area contributed by atoms with Gasteiger partial charge in [0.2, 0.25) is 5.91 Å². The molecule has 3 fully saturated rings. The van der Waals surface area contributed by atoms with Gasteiger partial charge in [-0.15, -0.1) is 0 Å². The minimum atomic E-state index is -2.88. The molecule has 8 heteroatoms. The molecule has 3 unspecified atom stereocenters. The molecule has 2 aliphatic heterocycles. The van der Waals surface area contributed by atoms with Gasteiger partial charge in [0.25, 0.3) is 5.92 Å². The molecule has 0 bridgehead atoms. The molecule has 160 valence electrons. The minimum absolute atomic E-state index is 0.115. The van der Waals surface area contributed by atoms with Gasteiger partial charge < -0.3 is 14.9 Å². The fourth-order valence-electron chi connectivity index (χ4n) is 5.90. The summed E-state index contributed by atoms with van der Waals surface area (Å²) in [6.07, 6.45) is 3.60. The standard InChI is InChI=1S/C20H33F2N3O3/c1-4-16-17(11-20(16)7-10-24(13-20)18(27)28)23-8-5-15(6-9-23)25(14(2)26)12-19(3,21)22/h15-17H,4-13H2,1-3H3,(H,27,28). The Kier molecular flexibility index (Phi) is 5.90. The highest BCUT2D eigenvalue weighted by atomic mass is 19.3. The molecule has 1 N–H and O–H groups in total. The number of hydrogen-bond donors (Lipinski definition) is 1. The Morgan fingerprint density at radius 1 is 1.25 bits per heavy atom. The number of amides is 2. The summed E-state index contributed by atoms with van der Waals surface area (Å²) in [5.41, 5.74) is 0.115. The van der Waals surface area contributed by atoms with Crippen LogP contribution in [0.1, 0.15) is 52.9 Å². The number of rotatable bonds is 5. The first-order valence-electron chi connectivity index (χ1n) is 10.4. The van der Waals surface area contributed by atoms with Crippen LogP contribution in [0, 0.1) is 11.3 Å². The lowest BCUT2D eigenvalue weighted by molar-refractivity contribution is -0.139. The molecule has 3 atom stereocenters. The van der Waals surface area contributed by atoms with Crippen molar-refractivity contribution in [1.82, 2.24) is 14.7 Å². The van der Waals surface area contributed by atoms with Crippen LogP contribution in [0.5, 0.6) is 0 Å². The summed E-state index contributed by atoms with van der Waals surface area (Å²) >= 11 is 0. The van der Waals surface area contributed by atoms with Gasteiger partial charge >= 0.3 is 6.09 Å². The van der Waals surface area contributed by atoms with Gasteiger partial charge in [-0.25, -0.2) is 13.6 Å². The molecule has 2 heterocycles. The van der Waals surface area contributed by atoms with E-state index in [9.17, 15) is 23.5 Å². The van der Waals surface area contributed by atoms with Crippen LogP contribution in [0.4, 0.5) is 13.6 Å². The molecule has 1 saturated carbocycles. The van der Waals surface area contributed by atoms with E-state index in [4.69, 9.17) is 0 Å². The summed E-state index contributed by atoms with van der Waals surface area (Å²) < 4.78 is 26.9. The second-order valence-corrected chi connectivity index (χ2v) is 9.09. The number of nitrogens with zero attached hydrogens (tertiary/aromatic N) is 3. The highest BCUT2D eigenvalue weighted by molar-refractivity contribution is 5.73. The number of likely N-dealkylation sites (tertiary alicyclic amines) is 2. The number of carbonyl (C=O) groups is 2. The first-order chi connectivity index (χ1) is 13.1. The molecular formula is C20H33F2N3O3. The molecule has 2 amide bonds. The Hall–Kier alpha value is -1.44. The number of carboxylic acid groups (broad SMARTS) is 1. The zero-order valence-electron chi connectivity index (χ0n) is 17.2. The van der Waals surface area contributed by atoms with E-state index in [1.54, 1.807) is 4.90 Å². The lowest BCUT2D eigenvalue weighted by Gasteiger charge is -2.58. The lowest BCUT2D eigenvalue weighted by Crippen LogP contribution is -2.62. The minimum Gasteiger partial charge on any atom is -0.465 e. The molecule has 0 aromatic rings. The van der Waals surface area contributed by atoms with Crippen LogP contribution < -0.4 is 0 Å². The molecule has 0 aromatic carbocycles. The predicted molar refractivity (Wildman–Crippen MR) is 101 cm³/mol. The predicted octanol–water partition coefficient (Wildman–Crippen LogP) is 3.12. The van der Waals surface area contributed by atoms with Gasteiger partial charge in [-0.2, -0.15) is 0 Å². The molecule has 3 aliphatic rings. The molecule has 1 aliphatic carbocycles. The average Bonchev–Trinajstić information content (AvgIpc) is 3.05. The van der Waals surface area contributed by atoms with Gasteiger partial charge in [0.05, 0.1) is 6.54 Å². The summed E-state index contributed by atoms with van der Waals surface area (Å²) in [6.45, 7) is 6.77. The van der Waals surface area contributed by atoms with E-state index in [0.29, 0.717) is 25.0 Å². The maximum absolute atomic E-state index is 13.5. The summed E-state index contributed by atoms with van der Waals surface area (Å²) in [6, 6.07) is 0.320. The number of alkyl halides is 2. The van der Waals surface area contributed by atoms with E-state index in [1.807, 2.05) is 0 Å². The topological polar surface area (TPSA) is 64.1 Å². The third-order valence-electron chi connectivity index (χ3n) is 7.22. The van der Waals surface area contributed by atoms with Crippen LogP contribution in [0.3, 0.4) is 0 Å². The molecule has 1 spiro atoms. The summed E-state index contributed by atoms with van der Waals surface area (Å²) in [4.78, 5) is 28.5. The van der Waals surface area contributed by atoms with E-state index >= 15 is 0 Å². The maximum atomic E-state index is 13.5. The highest BCUT2D eigenvalue weighted by Gasteiger charge is 2.58. The van der Waals surface area contributed by atoms with E-state index in [0.717, 1.165) is 52.1 Å². The van der Waals surface area contributed by atoms with E-state index < -0.39 is 18.6 Å². The zero-order chi connectivity index (χ0) is 20.7. The third-order valence-corrected chi connectivity index (χ3v) is 7.22. The van der Waals surface area contributed by atoms with Gasteiger partial charge in [0, 0.05) is 52.1 Å². The number of hydrogen-bond acceptors (Lipinski definition) is 3. The second kappa shape index (κ2) is 7.76. The largest absolute Gasteiger partial charge is 0.465 e. The molecule has 0 aromatic heterocycles. The number of piperidine rings is 1. The first-order valence-corrected chi connectivity index (χ1v) is 10.4. The van der Waals surface area contributed by atoms with Crippen molar-refractivity contribution >= 4 is 12.0 Å². The van der Waals surface area contributed by atoms with Crippen LogP contribution in [0.15, 0.2) is 0 Å². The Morgan fingerprint density at radius 3 is 2.36 bits per heavy atom. The van der Waals surface area contributed by atoms with Crippen molar-refractivity contribution in [3.05, 3.63) is 0 Å².